The molecular formula is C11H18N2O. The molecule has 0 heterocycles. The second-order valence-electron chi connectivity index (χ2n) is 4.79. The van der Waals surface area contributed by atoms with Gasteiger partial charge in [0.05, 0.1) is 6.07 Å². The first-order chi connectivity index (χ1) is 6.47. The van der Waals surface area contributed by atoms with Crippen molar-refractivity contribution in [3.05, 3.63) is 0 Å². The zero-order chi connectivity index (χ0) is 10.8. The quantitative estimate of drug-likeness (QED) is 0.729. The van der Waals surface area contributed by atoms with Gasteiger partial charge in [-0.15, -0.1) is 0 Å². The molecule has 2 atom stereocenters. The molecule has 0 radical (unpaired) electrons. The third-order valence-electron chi connectivity index (χ3n) is 3.13. The van der Waals surface area contributed by atoms with E-state index in [2.05, 4.69) is 19.2 Å². The third kappa shape index (κ3) is 2.25. The van der Waals surface area contributed by atoms with Gasteiger partial charge in [-0.2, -0.15) is 5.26 Å². The Morgan fingerprint density at radius 3 is 2.71 bits per heavy atom. The van der Waals surface area contributed by atoms with Gasteiger partial charge in [0.25, 0.3) is 0 Å². The lowest BCUT2D eigenvalue weighted by molar-refractivity contribution is -0.127. The standard InChI is InChI=1S/C11H18N2O/c1-8(7-12)13-10(14)9-5-4-6-11(9,2)3/h8-9H,4-6H2,1-3H3,(H,13,14). The molecule has 0 aromatic rings. The SMILES string of the molecule is CC(C#N)NC(=O)C1CCCC1(C)C. The van der Waals surface area contributed by atoms with Crippen LogP contribution in [0.15, 0.2) is 0 Å². The van der Waals surface area contributed by atoms with E-state index in [1.165, 1.54) is 0 Å². The second kappa shape index (κ2) is 4.00. The fourth-order valence-electron chi connectivity index (χ4n) is 2.16. The van der Waals surface area contributed by atoms with Gasteiger partial charge in [-0.3, -0.25) is 4.79 Å². The number of nitrogens with one attached hydrogen (secondary N) is 1. The van der Waals surface area contributed by atoms with E-state index in [4.69, 9.17) is 5.26 Å². The molecule has 1 aliphatic rings. The minimum atomic E-state index is -0.376. The lowest BCUT2D eigenvalue weighted by atomic mass is 9.81. The average Bonchev–Trinajstić information content (AvgIpc) is 2.45. The van der Waals surface area contributed by atoms with Gasteiger partial charge >= 0.3 is 0 Å². The maximum absolute atomic E-state index is 11.8. The number of nitrogens with zero attached hydrogens (tertiary/aromatic N) is 1. The predicted octanol–water partition coefficient (Wildman–Crippen LogP) is 1.84. The molecule has 0 aromatic carbocycles. The van der Waals surface area contributed by atoms with Crippen LogP contribution in [0, 0.1) is 22.7 Å². The second-order valence-corrected chi connectivity index (χ2v) is 4.79. The molecule has 1 rings (SSSR count). The first-order valence-electron chi connectivity index (χ1n) is 5.17. The largest absolute Gasteiger partial charge is 0.340 e. The van der Waals surface area contributed by atoms with Crippen LogP contribution < -0.4 is 5.32 Å². The Kier molecular flexibility index (Phi) is 3.15. The third-order valence-corrected chi connectivity index (χ3v) is 3.13. The number of rotatable bonds is 2. The fraction of sp³-hybridized carbons (Fsp3) is 0.818. The minimum Gasteiger partial charge on any atom is -0.340 e. The maximum Gasteiger partial charge on any atom is 0.224 e. The lowest BCUT2D eigenvalue weighted by Crippen LogP contribution is -2.40. The van der Waals surface area contributed by atoms with Gasteiger partial charge < -0.3 is 5.32 Å². The summed E-state index contributed by atoms with van der Waals surface area (Å²) in [4.78, 5) is 11.8. The van der Waals surface area contributed by atoms with Gasteiger partial charge in [0.15, 0.2) is 0 Å². The van der Waals surface area contributed by atoms with Crippen molar-refractivity contribution in [2.75, 3.05) is 0 Å². The molecule has 1 N–H and O–H groups in total. The van der Waals surface area contributed by atoms with Crippen LogP contribution in [0.25, 0.3) is 0 Å². The van der Waals surface area contributed by atoms with Crippen LogP contribution in [0.5, 0.6) is 0 Å². The summed E-state index contributed by atoms with van der Waals surface area (Å²) in [5, 5.41) is 11.3. The Bertz CT molecular complexity index is 265. The number of carbonyl (C=O) groups excluding carboxylic acids is 1. The summed E-state index contributed by atoms with van der Waals surface area (Å²) in [5.41, 5.74) is 0.0965. The van der Waals surface area contributed by atoms with Crippen molar-refractivity contribution in [3.63, 3.8) is 0 Å². The molecule has 14 heavy (non-hydrogen) atoms. The van der Waals surface area contributed by atoms with E-state index in [-0.39, 0.29) is 23.3 Å². The molecule has 0 bridgehead atoms. The van der Waals surface area contributed by atoms with E-state index in [9.17, 15) is 4.79 Å². The van der Waals surface area contributed by atoms with E-state index in [0.717, 1.165) is 19.3 Å². The van der Waals surface area contributed by atoms with Gasteiger partial charge in [-0.25, -0.2) is 0 Å². The van der Waals surface area contributed by atoms with Crippen LogP contribution >= 0.6 is 0 Å². The molecule has 3 heteroatoms. The Morgan fingerprint density at radius 2 is 2.29 bits per heavy atom. The van der Waals surface area contributed by atoms with Crippen molar-refractivity contribution in [2.24, 2.45) is 11.3 Å². The highest BCUT2D eigenvalue weighted by atomic mass is 16.2. The van der Waals surface area contributed by atoms with Gasteiger partial charge in [0.2, 0.25) is 5.91 Å². The molecule has 0 saturated heterocycles. The van der Waals surface area contributed by atoms with Gasteiger partial charge in [-0.1, -0.05) is 20.3 Å². The Morgan fingerprint density at radius 1 is 1.64 bits per heavy atom. The van der Waals surface area contributed by atoms with Gasteiger partial charge in [-0.05, 0) is 25.2 Å². The monoisotopic (exact) mass is 194 g/mol. The molecule has 0 aromatic heterocycles. The number of hydrogen-bond acceptors (Lipinski definition) is 2. The van der Waals surface area contributed by atoms with Crippen molar-refractivity contribution in [1.29, 1.82) is 5.26 Å². The van der Waals surface area contributed by atoms with Crippen molar-refractivity contribution >= 4 is 5.91 Å². The predicted molar refractivity (Wildman–Crippen MR) is 54.3 cm³/mol. The van der Waals surface area contributed by atoms with Crippen LogP contribution in [0.1, 0.15) is 40.0 Å². The van der Waals surface area contributed by atoms with Crippen LogP contribution in [0.4, 0.5) is 0 Å². The molecule has 1 aliphatic carbocycles. The van der Waals surface area contributed by atoms with Crippen LogP contribution in [0.2, 0.25) is 0 Å². The number of nitriles is 1. The van der Waals surface area contributed by atoms with E-state index in [1.54, 1.807) is 6.92 Å². The topological polar surface area (TPSA) is 52.9 Å². The molecule has 0 aliphatic heterocycles. The van der Waals surface area contributed by atoms with Crippen LogP contribution in [-0.4, -0.2) is 11.9 Å². The normalized spacial score (nSPS) is 26.6. The Labute approximate surface area is 85.5 Å². The summed E-state index contributed by atoms with van der Waals surface area (Å²) in [6.45, 7) is 5.96. The van der Waals surface area contributed by atoms with Crippen molar-refractivity contribution in [3.8, 4) is 6.07 Å². The lowest BCUT2D eigenvalue weighted by Gasteiger charge is -2.26. The zero-order valence-electron chi connectivity index (χ0n) is 9.13. The molecular weight excluding hydrogens is 176 g/mol. The molecule has 0 spiro atoms. The summed E-state index contributed by atoms with van der Waals surface area (Å²) < 4.78 is 0. The summed E-state index contributed by atoms with van der Waals surface area (Å²) in [7, 11) is 0. The smallest absolute Gasteiger partial charge is 0.224 e. The van der Waals surface area contributed by atoms with Crippen molar-refractivity contribution in [2.45, 2.75) is 46.1 Å². The summed E-state index contributed by atoms with van der Waals surface area (Å²) >= 11 is 0. The van der Waals surface area contributed by atoms with Crippen LogP contribution in [-0.2, 0) is 4.79 Å². The highest BCUT2D eigenvalue weighted by Crippen LogP contribution is 2.42. The molecule has 78 valence electrons. The van der Waals surface area contributed by atoms with E-state index < -0.39 is 0 Å². The van der Waals surface area contributed by atoms with Crippen LogP contribution in [0.3, 0.4) is 0 Å². The molecule has 3 nitrogen and oxygen atoms in total. The maximum atomic E-state index is 11.8. The van der Waals surface area contributed by atoms with E-state index in [1.807, 2.05) is 6.07 Å². The highest BCUT2D eigenvalue weighted by molar-refractivity contribution is 5.80. The highest BCUT2D eigenvalue weighted by Gasteiger charge is 2.39. The molecule has 1 amide bonds. The Balaban J connectivity index is 2.58. The minimum absolute atomic E-state index is 0.0431. The van der Waals surface area contributed by atoms with Crippen molar-refractivity contribution < 1.29 is 4.79 Å². The van der Waals surface area contributed by atoms with Gasteiger partial charge in [0.1, 0.15) is 6.04 Å². The number of amides is 1. The van der Waals surface area contributed by atoms with Gasteiger partial charge in [0, 0.05) is 5.92 Å². The Hall–Kier alpha value is -1.04. The zero-order valence-corrected chi connectivity index (χ0v) is 9.13. The molecule has 1 fully saturated rings. The average molecular weight is 194 g/mol. The first-order valence-corrected chi connectivity index (χ1v) is 5.17. The van der Waals surface area contributed by atoms with E-state index in [0.29, 0.717) is 0 Å². The first kappa shape index (κ1) is 11.0. The number of carbonyl (C=O) groups is 1. The molecule has 1 saturated carbocycles. The van der Waals surface area contributed by atoms with E-state index >= 15 is 0 Å². The summed E-state index contributed by atoms with van der Waals surface area (Å²) in [5.74, 6) is 0.125. The number of hydrogen-bond donors (Lipinski definition) is 1. The fourth-order valence-corrected chi connectivity index (χ4v) is 2.16. The molecule has 2 unspecified atom stereocenters. The summed E-state index contributed by atoms with van der Waals surface area (Å²) in [6, 6.07) is 1.64. The summed E-state index contributed by atoms with van der Waals surface area (Å²) in [6.07, 6.45) is 3.18. The van der Waals surface area contributed by atoms with Crippen molar-refractivity contribution in [1.82, 2.24) is 5.32 Å².